The molecule has 5 heteroatoms. The Hall–Kier alpha value is -1.88. The highest BCUT2D eigenvalue weighted by atomic mass is 16.2. The van der Waals surface area contributed by atoms with Gasteiger partial charge in [-0.05, 0) is 64.3 Å². The molecular formula is C21H31N3O2. The van der Waals surface area contributed by atoms with E-state index < -0.39 is 0 Å². The predicted molar refractivity (Wildman–Crippen MR) is 105 cm³/mol. The maximum absolute atomic E-state index is 12.8. The number of piperidine rings is 1. The van der Waals surface area contributed by atoms with Gasteiger partial charge in [-0.1, -0.05) is 0 Å². The molecule has 2 saturated heterocycles. The second-order valence-corrected chi connectivity index (χ2v) is 7.80. The van der Waals surface area contributed by atoms with Gasteiger partial charge in [0.15, 0.2) is 5.78 Å². The van der Waals surface area contributed by atoms with Crippen LogP contribution >= 0.6 is 0 Å². The summed E-state index contributed by atoms with van der Waals surface area (Å²) in [6.45, 7) is 10.1. The maximum Gasteiger partial charge on any atom is 0.237 e. The average molecular weight is 357 g/mol. The van der Waals surface area contributed by atoms with E-state index in [9.17, 15) is 9.59 Å². The summed E-state index contributed by atoms with van der Waals surface area (Å²) in [6, 6.07) is 8.57. The van der Waals surface area contributed by atoms with Gasteiger partial charge in [0.05, 0.1) is 6.54 Å². The Bertz CT molecular complexity index is 625. The Kier molecular flexibility index (Phi) is 5.97. The molecule has 2 atom stereocenters. The summed E-state index contributed by atoms with van der Waals surface area (Å²) in [6.07, 6.45) is 3.48. The molecular weight excluding hydrogens is 326 g/mol. The van der Waals surface area contributed by atoms with E-state index >= 15 is 0 Å². The van der Waals surface area contributed by atoms with Gasteiger partial charge in [-0.25, -0.2) is 0 Å². The number of Topliss-reactive ketones (excluding diaryl/α,β-unsaturated/α-hetero) is 1. The molecule has 0 N–H and O–H groups in total. The Balaban J connectivity index is 1.52. The van der Waals surface area contributed by atoms with E-state index in [4.69, 9.17) is 0 Å². The number of ketones is 1. The number of carbonyl (C=O) groups is 2. The standard InChI is InChI=1S/C21H31N3O2/c1-16-5-4-6-17(2)24(16)21(26)15-22-11-13-23(14-12-22)20-9-7-19(8-10-20)18(3)25/h7-10,16-17H,4-6,11-15H2,1-3H3/t16-,17-/m1/s1. The minimum atomic E-state index is 0.0982. The van der Waals surface area contributed by atoms with Gasteiger partial charge in [-0.15, -0.1) is 0 Å². The highest BCUT2D eigenvalue weighted by Gasteiger charge is 2.30. The summed E-state index contributed by atoms with van der Waals surface area (Å²) >= 11 is 0. The number of amides is 1. The highest BCUT2D eigenvalue weighted by molar-refractivity contribution is 5.94. The molecule has 1 aromatic carbocycles. The quantitative estimate of drug-likeness (QED) is 0.777. The van der Waals surface area contributed by atoms with Crippen LogP contribution in [-0.2, 0) is 4.79 Å². The van der Waals surface area contributed by atoms with E-state index in [1.165, 1.54) is 6.42 Å². The third kappa shape index (κ3) is 4.26. The average Bonchev–Trinajstić information content (AvgIpc) is 2.62. The molecule has 5 nitrogen and oxygen atoms in total. The molecule has 2 fully saturated rings. The van der Waals surface area contributed by atoms with Gasteiger partial charge in [0.1, 0.15) is 0 Å². The van der Waals surface area contributed by atoms with Crippen molar-refractivity contribution in [2.45, 2.75) is 52.1 Å². The third-order valence-corrected chi connectivity index (χ3v) is 5.85. The smallest absolute Gasteiger partial charge is 0.237 e. The third-order valence-electron chi connectivity index (χ3n) is 5.85. The lowest BCUT2D eigenvalue weighted by molar-refractivity contribution is -0.138. The molecule has 0 saturated carbocycles. The minimum absolute atomic E-state index is 0.0982. The van der Waals surface area contributed by atoms with Crippen LogP contribution in [0.15, 0.2) is 24.3 Å². The van der Waals surface area contributed by atoms with Crippen molar-refractivity contribution in [1.29, 1.82) is 0 Å². The first kappa shape index (κ1) is 18.9. The molecule has 26 heavy (non-hydrogen) atoms. The summed E-state index contributed by atoms with van der Waals surface area (Å²) in [5, 5.41) is 0. The number of benzene rings is 1. The summed E-state index contributed by atoms with van der Waals surface area (Å²) in [5.41, 5.74) is 1.90. The van der Waals surface area contributed by atoms with E-state index in [1.54, 1.807) is 6.92 Å². The van der Waals surface area contributed by atoms with Crippen molar-refractivity contribution in [2.24, 2.45) is 0 Å². The Labute approximate surface area is 156 Å². The number of anilines is 1. The first-order valence-electron chi connectivity index (χ1n) is 9.85. The largest absolute Gasteiger partial charge is 0.369 e. The molecule has 0 aromatic heterocycles. The summed E-state index contributed by atoms with van der Waals surface area (Å²) < 4.78 is 0. The summed E-state index contributed by atoms with van der Waals surface area (Å²) in [4.78, 5) is 30.9. The minimum Gasteiger partial charge on any atom is -0.369 e. The van der Waals surface area contributed by atoms with Crippen molar-refractivity contribution >= 4 is 17.4 Å². The summed E-state index contributed by atoms with van der Waals surface area (Å²) in [5.74, 6) is 0.380. The van der Waals surface area contributed by atoms with Crippen molar-refractivity contribution in [1.82, 2.24) is 9.80 Å². The van der Waals surface area contributed by atoms with Crippen molar-refractivity contribution in [3.8, 4) is 0 Å². The number of piperazine rings is 1. The molecule has 3 rings (SSSR count). The van der Waals surface area contributed by atoms with Gasteiger partial charge in [0.25, 0.3) is 0 Å². The van der Waals surface area contributed by atoms with Gasteiger partial charge in [-0.3, -0.25) is 14.5 Å². The fraction of sp³-hybridized carbons (Fsp3) is 0.619. The molecule has 0 spiro atoms. The maximum atomic E-state index is 12.8. The molecule has 142 valence electrons. The number of carbonyl (C=O) groups excluding carboxylic acids is 2. The van der Waals surface area contributed by atoms with Crippen LogP contribution in [0.4, 0.5) is 5.69 Å². The second-order valence-electron chi connectivity index (χ2n) is 7.80. The van der Waals surface area contributed by atoms with Crippen LogP contribution in [0.5, 0.6) is 0 Å². The van der Waals surface area contributed by atoms with Gasteiger partial charge in [0, 0.05) is 49.5 Å². The summed E-state index contributed by atoms with van der Waals surface area (Å²) in [7, 11) is 0. The Morgan fingerprint density at radius 3 is 2.08 bits per heavy atom. The van der Waals surface area contributed by atoms with Crippen LogP contribution < -0.4 is 4.90 Å². The SMILES string of the molecule is CC(=O)c1ccc(N2CCN(CC(=O)N3[C@H](C)CCC[C@H]3C)CC2)cc1. The lowest BCUT2D eigenvalue weighted by atomic mass is 9.97. The van der Waals surface area contributed by atoms with Gasteiger partial charge < -0.3 is 9.80 Å². The van der Waals surface area contributed by atoms with Crippen molar-refractivity contribution in [3.05, 3.63) is 29.8 Å². The lowest BCUT2D eigenvalue weighted by Crippen LogP contribution is -2.54. The van der Waals surface area contributed by atoms with Gasteiger partial charge in [-0.2, -0.15) is 0 Å². The topological polar surface area (TPSA) is 43.9 Å². The number of hydrogen-bond donors (Lipinski definition) is 0. The zero-order chi connectivity index (χ0) is 18.7. The highest BCUT2D eigenvalue weighted by Crippen LogP contribution is 2.23. The zero-order valence-electron chi connectivity index (χ0n) is 16.3. The first-order chi connectivity index (χ1) is 12.5. The molecule has 0 aliphatic carbocycles. The first-order valence-corrected chi connectivity index (χ1v) is 9.85. The van der Waals surface area contributed by atoms with Crippen molar-refractivity contribution in [2.75, 3.05) is 37.6 Å². The number of hydrogen-bond acceptors (Lipinski definition) is 4. The van der Waals surface area contributed by atoms with Crippen LogP contribution in [0.2, 0.25) is 0 Å². The Morgan fingerprint density at radius 1 is 0.962 bits per heavy atom. The van der Waals surface area contributed by atoms with E-state index in [2.05, 4.69) is 28.5 Å². The lowest BCUT2D eigenvalue weighted by Gasteiger charge is -2.41. The molecule has 0 radical (unpaired) electrons. The van der Waals surface area contributed by atoms with Crippen LogP contribution in [-0.4, -0.2) is 66.3 Å². The zero-order valence-corrected chi connectivity index (χ0v) is 16.3. The van der Waals surface area contributed by atoms with E-state index in [-0.39, 0.29) is 11.7 Å². The predicted octanol–water partition coefficient (Wildman–Crippen LogP) is 2.80. The molecule has 0 bridgehead atoms. The van der Waals surface area contributed by atoms with Crippen LogP contribution in [0.1, 0.15) is 50.4 Å². The van der Waals surface area contributed by atoms with Crippen LogP contribution in [0.3, 0.4) is 0 Å². The molecule has 2 aliphatic heterocycles. The molecule has 2 aliphatic rings. The Morgan fingerprint density at radius 2 is 1.54 bits per heavy atom. The molecule has 0 unspecified atom stereocenters. The molecule has 1 aromatic rings. The van der Waals surface area contributed by atoms with Crippen molar-refractivity contribution in [3.63, 3.8) is 0 Å². The number of rotatable bonds is 4. The molecule has 2 heterocycles. The number of nitrogens with zero attached hydrogens (tertiary/aromatic N) is 3. The normalized spacial score (nSPS) is 24.6. The van der Waals surface area contributed by atoms with Crippen LogP contribution in [0, 0.1) is 0 Å². The van der Waals surface area contributed by atoms with E-state index in [1.807, 2.05) is 24.3 Å². The van der Waals surface area contributed by atoms with Gasteiger partial charge in [0.2, 0.25) is 5.91 Å². The second kappa shape index (κ2) is 8.21. The fourth-order valence-electron chi connectivity index (χ4n) is 4.26. The van der Waals surface area contributed by atoms with E-state index in [0.29, 0.717) is 18.6 Å². The monoisotopic (exact) mass is 357 g/mol. The fourth-order valence-corrected chi connectivity index (χ4v) is 4.26. The molecule has 1 amide bonds. The number of likely N-dealkylation sites (tertiary alicyclic amines) is 1. The van der Waals surface area contributed by atoms with Crippen LogP contribution in [0.25, 0.3) is 0 Å². The van der Waals surface area contributed by atoms with Crippen molar-refractivity contribution < 1.29 is 9.59 Å². The van der Waals surface area contributed by atoms with Gasteiger partial charge >= 0.3 is 0 Å². The van der Waals surface area contributed by atoms with E-state index in [0.717, 1.165) is 50.3 Å².